The molecule has 0 N–H and O–H groups in total. The molecule has 1 heterocycles. The number of hydrogen-bond acceptors (Lipinski definition) is 4. The first-order valence-corrected chi connectivity index (χ1v) is 8.58. The maximum absolute atomic E-state index is 12.8. The summed E-state index contributed by atoms with van der Waals surface area (Å²) in [6, 6.07) is 12.8. The number of amides is 2. The lowest BCUT2D eigenvalue weighted by Crippen LogP contribution is -2.33. The van der Waals surface area contributed by atoms with E-state index in [0.29, 0.717) is 43.0 Å². The van der Waals surface area contributed by atoms with Crippen LogP contribution in [0.25, 0.3) is 0 Å². The van der Waals surface area contributed by atoms with Crippen molar-refractivity contribution in [3.63, 3.8) is 0 Å². The van der Waals surface area contributed by atoms with E-state index in [1.165, 1.54) is 17.0 Å². The number of hydrogen-bond donors (Lipinski definition) is 0. The van der Waals surface area contributed by atoms with Crippen molar-refractivity contribution >= 4 is 11.8 Å². The van der Waals surface area contributed by atoms with E-state index in [-0.39, 0.29) is 17.6 Å². The van der Waals surface area contributed by atoms with Crippen molar-refractivity contribution in [2.75, 3.05) is 33.3 Å². The number of carbonyl (C=O) groups is 2. The highest BCUT2D eigenvalue weighted by Gasteiger charge is 2.34. The first-order valence-electron chi connectivity index (χ1n) is 8.58. The zero-order valence-electron chi connectivity index (χ0n) is 14.7. The van der Waals surface area contributed by atoms with Crippen LogP contribution in [0.5, 0.6) is 5.75 Å². The molecule has 0 fully saturated rings. The van der Waals surface area contributed by atoms with Crippen molar-refractivity contribution in [1.82, 2.24) is 9.80 Å². The van der Waals surface area contributed by atoms with E-state index in [0.717, 1.165) is 6.54 Å². The molecule has 26 heavy (non-hydrogen) atoms. The molecule has 0 bridgehead atoms. The number of carbonyl (C=O) groups excluding carboxylic acids is 2. The Hall–Kier alpha value is -2.73. The minimum absolute atomic E-state index is 0.215. The van der Waals surface area contributed by atoms with Gasteiger partial charge in [0.2, 0.25) is 0 Å². The third-order valence-corrected chi connectivity index (χ3v) is 4.36. The smallest absolute Gasteiger partial charge is 0.261 e. The third-order valence-electron chi connectivity index (χ3n) is 4.36. The molecule has 0 saturated heterocycles. The van der Waals surface area contributed by atoms with Gasteiger partial charge in [-0.05, 0) is 56.4 Å². The number of benzene rings is 2. The topological polar surface area (TPSA) is 49.9 Å². The molecule has 0 spiro atoms. The molecular weight excluding hydrogens is 335 g/mol. The SMILES string of the molecule is CN(CCCN1C(=O)c2ccccc2C1=O)CCOc1ccc(F)cc1. The van der Waals surface area contributed by atoms with Gasteiger partial charge in [0, 0.05) is 13.1 Å². The number of nitrogens with zero attached hydrogens (tertiary/aromatic N) is 2. The second-order valence-electron chi connectivity index (χ2n) is 6.27. The molecule has 0 unspecified atom stereocenters. The summed E-state index contributed by atoms with van der Waals surface area (Å²) in [6.45, 7) is 2.31. The zero-order chi connectivity index (χ0) is 18.5. The number of ether oxygens (including phenoxy) is 1. The van der Waals surface area contributed by atoms with Gasteiger partial charge in [-0.25, -0.2) is 4.39 Å². The van der Waals surface area contributed by atoms with Crippen LogP contribution in [-0.2, 0) is 0 Å². The van der Waals surface area contributed by atoms with Crippen LogP contribution in [-0.4, -0.2) is 54.9 Å². The highest BCUT2D eigenvalue weighted by Crippen LogP contribution is 2.22. The van der Waals surface area contributed by atoms with E-state index in [4.69, 9.17) is 4.74 Å². The maximum Gasteiger partial charge on any atom is 0.261 e. The lowest BCUT2D eigenvalue weighted by atomic mass is 10.1. The van der Waals surface area contributed by atoms with Crippen molar-refractivity contribution in [2.24, 2.45) is 0 Å². The van der Waals surface area contributed by atoms with E-state index < -0.39 is 0 Å². The second kappa shape index (κ2) is 8.10. The Labute approximate surface area is 152 Å². The molecular formula is C20H21FN2O3. The third kappa shape index (κ3) is 4.08. The molecule has 0 radical (unpaired) electrons. The fourth-order valence-corrected chi connectivity index (χ4v) is 2.90. The Morgan fingerprint density at radius 2 is 1.58 bits per heavy atom. The average molecular weight is 356 g/mol. The van der Waals surface area contributed by atoms with Crippen LogP contribution in [0.15, 0.2) is 48.5 Å². The van der Waals surface area contributed by atoms with E-state index in [2.05, 4.69) is 4.90 Å². The van der Waals surface area contributed by atoms with Crippen molar-refractivity contribution in [3.8, 4) is 5.75 Å². The van der Waals surface area contributed by atoms with Gasteiger partial charge >= 0.3 is 0 Å². The first kappa shape index (κ1) is 18.1. The Balaban J connectivity index is 1.39. The molecule has 2 aromatic rings. The number of imide groups is 1. The van der Waals surface area contributed by atoms with E-state index in [9.17, 15) is 14.0 Å². The van der Waals surface area contributed by atoms with Crippen LogP contribution in [0, 0.1) is 5.82 Å². The van der Waals surface area contributed by atoms with E-state index in [1.54, 1.807) is 36.4 Å². The van der Waals surface area contributed by atoms with Crippen molar-refractivity contribution in [3.05, 3.63) is 65.5 Å². The minimum atomic E-state index is -0.289. The highest BCUT2D eigenvalue weighted by atomic mass is 19.1. The summed E-state index contributed by atoms with van der Waals surface area (Å²) < 4.78 is 18.4. The van der Waals surface area contributed by atoms with Crippen LogP contribution in [0.2, 0.25) is 0 Å². The summed E-state index contributed by atoms with van der Waals surface area (Å²) in [7, 11) is 1.95. The predicted octanol–water partition coefficient (Wildman–Crippen LogP) is 2.82. The number of likely N-dealkylation sites (N-methyl/N-ethyl adjacent to an activating group) is 1. The molecule has 136 valence electrons. The second-order valence-corrected chi connectivity index (χ2v) is 6.27. The fraction of sp³-hybridized carbons (Fsp3) is 0.300. The quantitative estimate of drug-likeness (QED) is 0.683. The molecule has 1 aliphatic heterocycles. The van der Waals surface area contributed by atoms with Crippen LogP contribution < -0.4 is 4.74 Å². The largest absolute Gasteiger partial charge is 0.492 e. The lowest BCUT2D eigenvalue weighted by Gasteiger charge is -2.19. The Morgan fingerprint density at radius 3 is 2.19 bits per heavy atom. The highest BCUT2D eigenvalue weighted by molar-refractivity contribution is 6.21. The van der Waals surface area contributed by atoms with Gasteiger partial charge in [-0.2, -0.15) is 0 Å². The van der Waals surface area contributed by atoms with Crippen LogP contribution in [0.3, 0.4) is 0 Å². The van der Waals surface area contributed by atoms with Crippen molar-refractivity contribution < 1.29 is 18.7 Å². The lowest BCUT2D eigenvalue weighted by molar-refractivity contribution is 0.0647. The Bertz CT molecular complexity index is 757. The fourth-order valence-electron chi connectivity index (χ4n) is 2.90. The summed E-state index contributed by atoms with van der Waals surface area (Å²) in [5.74, 6) is -0.0887. The monoisotopic (exact) mass is 356 g/mol. The normalized spacial score (nSPS) is 13.4. The van der Waals surface area contributed by atoms with Gasteiger partial charge in [0.05, 0.1) is 11.1 Å². The number of halogens is 1. The molecule has 2 aromatic carbocycles. The molecule has 1 aliphatic rings. The van der Waals surface area contributed by atoms with Gasteiger partial charge in [0.15, 0.2) is 0 Å². The molecule has 0 aromatic heterocycles. The van der Waals surface area contributed by atoms with Crippen molar-refractivity contribution in [2.45, 2.75) is 6.42 Å². The predicted molar refractivity (Wildman–Crippen MR) is 95.8 cm³/mol. The summed E-state index contributed by atoms with van der Waals surface area (Å²) in [5, 5.41) is 0. The van der Waals surface area contributed by atoms with Crippen LogP contribution >= 0.6 is 0 Å². The zero-order valence-corrected chi connectivity index (χ0v) is 14.7. The van der Waals surface area contributed by atoms with E-state index in [1.807, 2.05) is 7.05 Å². The summed E-state index contributed by atoms with van der Waals surface area (Å²) in [5.41, 5.74) is 0.970. The van der Waals surface area contributed by atoms with E-state index >= 15 is 0 Å². The molecule has 3 rings (SSSR count). The minimum Gasteiger partial charge on any atom is -0.492 e. The number of fused-ring (bicyclic) bond motifs is 1. The number of rotatable bonds is 8. The Kier molecular flexibility index (Phi) is 5.63. The molecule has 6 heteroatoms. The Morgan fingerprint density at radius 1 is 0.962 bits per heavy atom. The van der Waals surface area contributed by atoms with Crippen LogP contribution in [0.4, 0.5) is 4.39 Å². The maximum atomic E-state index is 12.8. The summed E-state index contributed by atoms with van der Waals surface area (Å²) in [4.78, 5) is 27.9. The van der Waals surface area contributed by atoms with Crippen molar-refractivity contribution in [1.29, 1.82) is 0 Å². The first-order chi connectivity index (χ1) is 12.6. The molecule has 0 saturated carbocycles. The van der Waals surface area contributed by atoms with Gasteiger partial charge in [-0.15, -0.1) is 0 Å². The van der Waals surface area contributed by atoms with Gasteiger partial charge < -0.3 is 9.64 Å². The molecule has 0 atom stereocenters. The molecule has 0 aliphatic carbocycles. The van der Waals surface area contributed by atoms with Crippen LogP contribution in [0.1, 0.15) is 27.1 Å². The summed E-state index contributed by atoms with van der Waals surface area (Å²) >= 11 is 0. The summed E-state index contributed by atoms with van der Waals surface area (Å²) in [6.07, 6.45) is 0.693. The average Bonchev–Trinajstić information content (AvgIpc) is 2.89. The standard InChI is InChI=1S/C20H21FN2O3/c1-22(13-14-26-16-9-7-15(21)8-10-16)11-4-12-23-19(24)17-5-2-3-6-18(17)20(23)25/h2-3,5-10H,4,11-14H2,1H3. The van der Waals surface area contributed by atoms with Gasteiger partial charge in [-0.1, -0.05) is 12.1 Å². The van der Waals surface area contributed by atoms with Gasteiger partial charge in [0.25, 0.3) is 11.8 Å². The van der Waals surface area contributed by atoms with Gasteiger partial charge in [-0.3, -0.25) is 14.5 Å². The molecule has 5 nitrogen and oxygen atoms in total. The van der Waals surface area contributed by atoms with Gasteiger partial charge in [0.1, 0.15) is 18.2 Å². The molecule has 2 amide bonds.